The van der Waals surface area contributed by atoms with Crippen molar-refractivity contribution in [1.82, 2.24) is 0 Å². The van der Waals surface area contributed by atoms with Crippen molar-refractivity contribution in [2.75, 3.05) is 0 Å². The average molecular weight is 218 g/mol. The SMILES string of the molecule is CC(=O)OC(C)/C(C)=C(\C)c1ccccc1. The summed E-state index contributed by atoms with van der Waals surface area (Å²) in [6.45, 7) is 7.37. The highest BCUT2D eigenvalue weighted by Crippen LogP contribution is 2.21. The minimum atomic E-state index is -0.243. The second kappa shape index (κ2) is 5.50. The lowest BCUT2D eigenvalue weighted by molar-refractivity contribution is -0.143. The Labute approximate surface area is 96.9 Å². The Hall–Kier alpha value is -1.57. The molecule has 0 spiro atoms. The summed E-state index contributed by atoms with van der Waals surface area (Å²) in [4.78, 5) is 10.9. The number of ether oxygens (including phenoxy) is 1. The van der Waals surface area contributed by atoms with Crippen LogP contribution in [0.1, 0.15) is 33.3 Å². The Morgan fingerprint density at radius 3 is 2.19 bits per heavy atom. The maximum atomic E-state index is 10.9. The maximum Gasteiger partial charge on any atom is 0.303 e. The summed E-state index contributed by atoms with van der Waals surface area (Å²) in [5.41, 5.74) is 3.41. The smallest absolute Gasteiger partial charge is 0.303 e. The predicted octanol–water partition coefficient (Wildman–Crippen LogP) is 3.43. The van der Waals surface area contributed by atoms with Crippen molar-refractivity contribution >= 4 is 11.5 Å². The maximum absolute atomic E-state index is 10.9. The number of hydrogen-bond acceptors (Lipinski definition) is 2. The van der Waals surface area contributed by atoms with E-state index in [1.807, 2.05) is 39.0 Å². The van der Waals surface area contributed by atoms with Gasteiger partial charge in [-0.15, -0.1) is 0 Å². The molecule has 0 saturated heterocycles. The van der Waals surface area contributed by atoms with E-state index in [1.165, 1.54) is 12.5 Å². The Bertz CT molecular complexity index is 390. The quantitative estimate of drug-likeness (QED) is 0.726. The molecule has 0 aromatic heterocycles. The molecule has 1 rings (SSSR count). The van der Waals surface area contributed by atoms with Crippen LogP contribution in [0.4, 0.5) is 0 Å². The van der Waals surface area contributed by atoms with Crippen LogP contribution in [0.25, 0.3) is 5.57 Å². The van der Waals surface area contributed by atoms with Gasteiger partial charge in [0.15, 0.2) is 0 Å². The first kappa shape index (κ1) is 12.5. The second-order valence-corrected chi connectivity index (χ2v) is 3.93. The van der Waals surface area contributed by atoms with Crippen LogP contribution in [-0.4, -0.2) is 12.1 Å². The number of carbonyl (C=O) groups excluding carboxylic acids is 1. The zero-order valence-electron chi connectivity index (χ0n) is 10.3. The summed E-state index contributed by atoms with van der Waals surface area (Å²) < 4.78 is 5.16. The van der Waals surface area contributed by atoms with Crippen molar-refractivity contribution in [3.63, 3.8) is 0 Å². The van der Waals surface area contributed by atoms with Crippen molar-refractivity contribution < 1.29 is 9.53 Å². The molecule has 0 fully saturated rings. The highest BCUT2D eigenvalue weighted by Gasteiger charge is 2.10. The second-order valence-electron chi connectivity index (χ2n) is 3.93. The number of rotatable bonds is 3. The third-order valence-corrected chi connectivity index (χ3v) is 2.75. The molecule has 1 atom stereocenters. The van der Waals surface area contributed by atoms with Gasteiger partial charge in [0.05, 0.1) is 0 Å². The molecule has 0 heterocycles. The van der Waals surface area contributed by atoms with Crippen LogP contribution in [0.15, 0.2) is 35.9 Å². The van der Waals surface area contributed by atoms with Gasteiger partial charge in [-0.3, -0.25) is 4.79 Å². The molecule has 86 valence electrons. The van der Waals surface area contributed by atoms with Gasteiger partial charge in [0, 0.05) is 6.92 Å². The lowest BCUT2D eigenvalue weighted by Crippen LogP contribution is -2.14. The van der Waals surface area contributed by atoms with Crippen molar-refractivity contribution in [3.05, 3.63) is 41.5 Å². The van der Waals surface area contributed by atoms with E-state index in [2.05, 4.69) is 12.1 Å². The van der Waals surface area contributed by atoms with Crippen LogP contribution in [0, 0.1) is 0 Å². The number of hydrogen-bond donors (Lipinski definition) is 0. The number of allylic oxidation sites excluding steroid dienone is 1. The van der Waals surface area contributed by atoms with E-state index in [4.69, 9.17) is 4.74 Å². The summed E-state index contributed by atoms with van der Waals surface area (Å²) >= 11 is 0. The van der Waals surface area contributed by atoms with Crippen molar-refractivity contribution in [3.8, 4) is 0 Å². The molecule has 0 aliphatic rings. The summed E-state index contributed by atoms with van der Waals surface area (Å²) in [5, 5.41) is 0. The Morgan fingerprint density at radius 2 is 1.69 bits per heavy atom. The normalized spacial score (nSPS) is 14.0. The summed E-state index contributed by atoms with van der Waals surface area (Å²) in [5.74, 6) is -0.243. The fourth-order valence-corrected chi connectivity index (χ4v) is 1.56. The van der Waals surface area contributed by atoms with Crippen LogP contribution in [0.5, 0.6) is 0 Å². The van der Waals surface area contributed by atoms with Crippen LogP contribution in [0.2, 0.25) is 0 Å². The first-order valence-corrected chi connectivity index (χ1v) is 5.42. The van der Waals surface area contributed by atoms with E-state index in [0.717, 1.165) is 11.1 Å². The minimum absolute atomic E-state index is 0.169. The standard InChI is InChI=1S/C14H18O2/c1-10(12(3)16-13(4)15)11(2)14-8-6-5-7-9-14/h5-9,12H,1-4H3/b11-10+. The van der Waals surface area contributed by atoms with Gasteiger partial charge in [-0.1, -0.05) is 30.3 Å². The van der Waals surface area contributed by atoms with Gasteiger partial charge in [0.1, 0.15) is 6.10 Å². The molecule has 0 radical (unpaired) electrons. The zero-order valence-corrected chi connectivity index (χ0v) is 10.3. The van der Waals surface area contributed by atoms with Crippen LogP contribution >= 0.6 is 0 Å². The summed E-state index contributed by atoms with van der Waals surface area (Å²) in [6.07, 6.45) is -0.169. The van der Waals surface area contributed by atoms with Gasteiger partial charge in [0.25, 0.3) is 0 Å². The largest absolute Gasteiger partial charge is 0.458 e. The van der Waals surface area contributed by atoms with E-state index < -0.39 is 0 Å². The lowest BCUT2D eigenvalue weighted by Gasteiger charge is -2.15. The Balaban J connectivity index is 2.92. The molecule has 0 saturated carbocycles. The summed E-state index contributed by atoms with van der Waals surface area (Å²) in [7, 11) is 0. The fraction of sp³-hybridized carbons (Fsp3) is 0.357. The number of benzene rings is 1. The molecule has 2 heteroatoms. The first-order valence-electron chi connectivity index (χ1n) is 5.42. The molecule has 0 N–H and O–H groups in total. The van der Waals surface area contributed by atoms with E-state index >= 15 is 0 Å². The third-order valence-electron chi connectivity index (χ3n) is 2.75. The minimum Gasteiger partial charge on any atom is -0.458 e. The van der Waals surface area contributed by atoms with Crippen molar-refractivity contribution in [2.45, 2.75) is 33.8 Å². The molecule has 16 heavy (non-hydrogen) atoms. The topological polar surface area (TPSA) is 26.3 Å². The molecular weight excluding hydrogens is 200 g/mol. The van der Waals surface area contributed by atoms with Gasteiger partial charge in [-0.25, -0.2) is 0 Å². The van der Waals surface area contributed by atoms with Crippen LogP contribution < -0.4 is 0 Å². The van der Waals surface area contributed by atoms with E-state index in [9.17, 15) is 4.79 Å². The van der Waals surface area contributed by atoms with Crippen molar-refractivity contribution in [1.29, 1.82) is 0 Å². The molecule has 1 aromatic carbocycles. The highest BCUT2D eigenvalue weighted by atomic mass is 16.5. The molecular formula is C14H18O2. The zero-order chi connectivity index (χ0) is 12.1. The van der Waals surface area contributed by atoms with Gasteiger partial charge in [-0.2, -0.15) is 0 Å². The fourth-order valence-electron chi connectivity index (χ4n) is 1.56. The average Bonchev–Trinajstić information content (AvgIpc) is 2.27. The van der Waals surface area contributed by atoms with Gasteiger partial charge in [-0.05, 0) is 37.5 Å². The molecule has 1 unspecified atom stereocenters. The molecule has 0 aliphatic carbocycles. The lowest BCUT2D eigenvalue weighted by atomic mass is 9.99. The van der Waals surface area contributed by atoms with Crippen LogP contribution in [-0.2, 0) is 9.53 Å². The monoisotopic (exact) mass is 218 g/mol. The predicted molar refractivity (Wildman–Crippen MR) is 65.9 cm³/mol. The van der Waals surface area contributed by atoms with E-state index in [0.29, 0.717) is 0 Å². The molecule has 1 aromatic rings. The van der Waals surface area contributed by atoms with E-state index in [1.54, 1.807) is 0 Å². The molecule has 0 bridgehead atoms. The molecule has 0 amide bonds. The van der Waals surface area contributed by atoms with Crippen LogP contribution in [0.3, 0.4) is 0 Å². The Morgan fingerprint density at radius 1 is 1.12 bits per heavy atom. The van der Waals surface area contributed by atoms with Crippen molar-refractivity contribution in [2.24, 2.45) is 0 Å². The summed E-state index contributed by atoms with van der Waals surface area (Å²) in [6, 6.07) is 10.1. The number of esters is 1. The van der Waals surface area contributed by atoms with Gasteiger partial charge >= 0.3 is 5.97 Å². The number of carbonyl (C=O) groups is 1. The molecule has 2 nitrogen and oxygen atoms in total. The van der Waals surface area contributed by atoms with E-state index in [-0.39, 0.29) is 12.1 Å². The van der Waals surface area contributed by atoms with Gasteiger partial charge in [0.2, 0.25) is 0 Å². The highest BCUT2D eigenvalue weighted by molar-refractivity contribution is 5.69. The first-order chi connectivity index (χ1) is 7.52. The third kappa shape index (κ3) is 3.23. The van der Waals surface area contributed by atoms with Gasteiger partial charge < -0.3 is 4.74 Å². The molecule has 0 aliphatic heterocycles. The Kier molecular flexibility index (Phi) is 4.29.